The van der Waals surface area contributed by atoms with Crippen LogP contribution in [0.25, 0.3) is 0 Å². The van der Waals surface area contributed by atoms with Crippen molar-refractivity contribution in [2.45, 2.75) is 25.3 Å². The monoisotopic (exact) mass is 416 g/mol. The highest BCUT2D eigenvalue weighted by Gasteiger charge is 2.46. The van der Waals surface area contributed by atoms with E-state index in [9.17, 15) is 14.7 Å². The number of rotatable bonds is 8. The van der Waals surface area contributed by atoms with Crippen LogP contribution in [-0.4, -0.2) is 72.5 Å². The third kappa shape index (κ3) is 4.68. The number of nitrogens with one attached hydrogen (secondary N) is 2. The van der Waals surface area contributed by atoms with Gasteiger partial charge in [0.25, 0.3) is 5.56 Å². The van der Waals surface area contributed by atoms with E-state index < -0.39 is 0 Å². The van der Waals surface area contributed by atoms with E-state index in [4.69, 9.17) is 10.5 Å². The molecule has 0 aromatic carbocycles. The molecule has 2 aliphatic rings. The Morgan fingerprint density at radius 1 is 1.46 bits per heavy atom. The van der Waals surface area contributed by atoms with Crippen LogP contribution < -0.4 is 21.5 Å². The van der Waals surface area contributed by atoms with Crippen LogP contribution >= 0.6 is 12.4 Å². The number of hydrogen-bond acceptors (Lipinski definition) is 9. The largest absolute Gasteiger partial charge is 0.465 e. The maximum Gasteiger partial charge on any atom is 0.305 e. The predicted molar refractivity (Wildman–Crippen MR) is 109 cm³/mol. The van der Waals surface area contributed by atoms with E-state index >= 15 is 0 Å². The van der Waals surface area contributed by atoms with Gasteiger partial charge in [0.1, 0.15) is 5.69 Å². The Bertz CT molecular complexity index is 743. The quantitative estimate of drug-likeness (QED) is 0.426. The molecule has 158 valence electrons. The van der Waals surface area contributed by atoms with Crippen LogP contribution in [0.15, 0.2) is 4.79 Å². The number of nitrogens with two attached hydrogens (primary N) is 1. The predicted octanol–water partition coefficient (Wildman–Crippen LogP) is -0.155. The molecule has 0 amide bonds. The first-order valence-corrected chi connectivity index (χ1v) is 9.22. The van der Waals surface area contributed by atoms with Gasteiger partial charge >= 0.3 is 5.97 Å². The Labute approximate surface area is 169 Å². The number of aromatic nitrogens is 2. The zero-order valence-electron chi connectivity index (χ0n) is 16.2. The lowest BCUT2D eigenvalue weighted by atomic mass is 9.69. The average Bonchev–Trinajstić information content (AvgIpc) is 2.97. The molecule has 2 heterocycles. The highest BCUT2D eigenvalue weighted by molar-refractivity contribution is 5.85. The van der Waals surface area contributed by atoms with Gasteiger partial charge in [-0.15, -0.1) is 12.4 Å². The molecule has 0 radical (unpaired) electrons. The number of nitrogens with zero attached hydrogens (tertiary/aromatic N) is 3. The number of carbonyl (C=O) groups is 1. The van der Waals surface area contributed by atoms with Crippen molar-refractivity contribution in [1.82, 2.24) is 14.9 Å². The van der Waals surface area contributed by atoms with Crippen LogP contribution in [0, 0.1) is 11.8 Å². The molecule has 0 saturated heterocycles. The van der Waals surface area contributed by atoms with Gasteiger partial charge in [-0.2, -0.15) is 4.98 Å². The minimum atomic E-state index is -0.303. The van der Waals surface area contributed by atoms with Crippen LogP contribution in [-0.2, 0) is 9.53 Å². The molecule has 0 bridgehead atoms. The maximum absolute atomic E-state index is 12.0. The number of anilines is 3. The minimum Gasteiger partial charge on any atom is -0.465 e. The Balaban J connectivity index is 0.00000280. The topological polar surface area (TPSA) is 137 Å². The molecule has 1 aromatic heterocycles. The lowest BCUT2D eigenvalue weighted by molar-refractivity contribution is -0.148. The first-order valence-electron chi connectivity index (χ1n) is 9.22. The van der Waals surface area contributed by atoms with Crippen LogP contribution in [0.5, 0.6) is 0 Å². The van der Waals surface area contributed by atoms with E-state index in [1.807, 2.05) is 23.9 Å². The van der Waals surface area contributed by atoms with Crippen molar-refractivity contribution in [2.75, 3.05) is 56.5 Å². The lowest BCUT2D eigenvalue weighted by Gasteiger charge is -2.48. The molecule has 0 spiro atoms. The second-order valence-corrected chi connectivity index (χ2v) is 7.45. The first-order chi connectivity index (χ1) is 12.9. The number of carbonyl (C=O) groups excluding carboxylic acids is 1. The molecule has 1 saturated carbocycles. The third-order valence-corrected chi connectivity index (χ3v) is 5.32. The van der Waals surface area contributed by atoms with Gasteiger partial charge in [-0.05, 0) is 33.5 Å². The number of halogens is 1. The highest BCUT2D eigenvalue weighted by atomic mass is 35.5. The zero-order chi connectivity index (χ0) is 19.6. The fourth-order valence-electron chi connectivity index (χ4n) is 3.77. The van der Waals surface area contributed by atoms with E-state index in [0.717, 1.165) is 19.4 Å². The summed E-state index contributed by atoms with van der Waals surface area (Å²) >= 11 is 0. The normalized spacial score (nSPS) is 22.9. The maximum atomic E-state index is 12.0. The van der Waals surface area contributed by atoms with Crippen molar-refractivity contribution < 1.29 is 14.6 Å². The number of esters is 1. The minimum absolute atomic E-state index is 0. The van der Waals surface area contributed by atoms with Gasteiger partial charge in [0.2, 0.25) is 5.95 Å². The molecule has 1 fully saturated rings. The number of nitrogen functional groups attached to an aromatic ring is 1. The summed E-state index contributed by atoms with van der Waals surface area (Å²) in [6.07, 6.45) is 1.92. The van der Waals surface area contributed by atoms with Crippen LogP contribution in [0.2, 0.25) is 0 Å². The van der Waals surface area contributed by atoms with Crippen molar-refractivity contribution in [2.24, 2.45) is 11.8 Å². The number of ether oxygens (including phenoxy) is 1. The Morgan fingerprint density at radius 3 is 2.89 bits per heavy atom. The number of aliphatic hydroxyl groups excluding tert-OH is 1. The smallest absolute Gasteiger partial charge is 0.305 e. The van der Waals surface area contributed by atoms with Gasteiger partial charge in [-0.1, -0.05) is 0 Å². The van der Waals surface area contributed by atoms with E-state index in [1.165, 1.54) is 0 Å². The zero-order valence-corrected chi connectivity index (χ0v) is 17.0. The van der Waals surface area contributed by atoms with Crippen LogP contribution in [0.3, 0.4) is 0 Å². The Hall–Kier alpha value is -2.04. The van der Waals surface area contributed by atoms with Crippen molar-refractivity contribution >= 4 is 35.8 Å². The molecule has 3 unspecified atom stereocenters. The summed E-state index contributed by atoms with van der Waals surface area (Å²) in [4.78, 5) is 34.5. The van der Waals surface area contributed by atoms with Gasteiger partial charge < -0.3 is 30.7 Å². The molecule has 28 heavy (non-hydrogen) atoms. The standard InChI is InChI=1S/C17H28N6O4.ClH/c1-22(2)5-3-4-13(25)27-8-10-6-12(11(10)7-24)23-9-19-14-15(23)20-17(18)21-16(14)26;/h10-12,19,24H,3-9H2,1-2H3,(H3,18,20,21,26);1H. The second-order valence-electron chi connectivity index (χ2n) is 7.45. The fraction of sp³-hybridized carbons (Fsp3) is 0.706. The number of fused-ring (bicyclic) bond motifs is 1. The summed E-state index contributed by atoms with van der Waals surface area (Å²) in [6.45, 7) is 1.57. The number of H-pyrrole nitrogens is 1. The lowest BCUT2D eigenvalue weighted by Crippen LogP contribution is -2.55. The molecule has 3 atom stereocenters. The van der Waals surface area contributed by atoms with Gasteiger partial charge in [-0.25, -0.2) is 0 Å². The molecular weight excluding hydrogens is 388 g/mol. The first kappa shape index (κ1) is 22.3. The summed E-state index contributed by atoms with van der Waals surface area (Å²) in [6, 6.07) is 0.0230. The Kier molecular flexibility index (Phi) is 7.50. The molecule has 3 rings (SSSR count). The molecule has 1 aromatic rings. The fourth-order valence-corrected chi connectivity index (χ4v) is 3.77. The summed E-state index contributed by atoms with van der Waals surface area (Å²) in [5.41, 5.74) is 5.75. The van der Waals surface area contributed by atoms with Crippen LogP contribution in [0.4, 0.5) is 17.5 Å². The van der Waals surface area contributed by atoms with Gasteiger partial charge in [0.15, 0.2) is 5.82 Å². The van der Waals surface area contributed by atoms with E-state index in [-0.39, 0.29) is 54.4 Å². The van der Waals surface area contributed by atoms with Crippen LogP contribution in [0.1, 0.15) is 19.3 Å². The van der Waals surface area contributed by atoms with Gasteiger partial charge in [0.05, 0.1) is 13.3 Å². The van der Waals surface area contributed by atoms with Gasteiger partial charge in [-0.3, -0.25) is 14.6 Å². The Morgan fingerprint density at radius 2 is 2.21 bits per heavy atom. The molecule has 5 N–H and O–H groups in total. The summed E-state index contributed by atoms with van der Waals surface area (Å²) in [7, 11) is 3.93. The van der Waals surface area contributed by atoms with Crippen molar-refractivity contribution in [1.29, 1.82) is 0 Å². The van der Waals surface area contributed by atoms with E-state index in [0.29, 0.717) is 31.2 Å². The summed E-state index contributed by atoms with van der Waals surface area (Å²) in [5, 5.41) is 12.8. The highest BCUT2D eigenvalue weighted by Crippen LogP contribution is 2.42. The number of hydrogen-bond donors (Lipinski definition) is 4. The summed E-state index contributed by atoms with van der Waals surface area (Å²) < 4.78 is 5.39. The van der Waals surface area contributed by atoms with Crippen molar-refractivity contribution in [3.05, 3.63) is 10.4 Å². The summed E-state index contributed by atoms with van der Waals surface area (Å²) in [5.74, 6) is 0.427. The number of aliphatic hydroxyl groups is 1. The molecule has 10 nitrogen and oxygen atoms in total. The molecule has 1 aliphatic carbocycles. The van der Waals surface area contributed by atoms with Crippen molar-refractivity contribution in [3.63, 3.8) is 0 Å². The molecular formula is C17H29ClN6O4. The second kappa shape index (κ2) is 9.44. The van der Waals surface area contributed by atoms with Crippen molar-refractivity contribution in [3.8, 4) is 0 Å². The van der Waals surface area contributed by atoms with E-state index in [1.54, 1.807) is 0 Å². The van der Waals surface area contributed by atoms with Gasteiger partial charge in [0, 0.05) is 30.9 Å². The molecule has 1 aliphatic heterocycles. The third-order valence-electron chi connectivity index (χ3n) is 5.32. The number of aromatic amines is 1. The van der Waals surface area contributed by atoms with E-state index in [2.05, 4.69) is 15.3 Å². The average molecular weight is 417 g/mol. The molecule has 11 heteroatoms. The SMILES string of the molecule is CN(C)CCCC(=O)OCC1CC(N2CNc3c2nc(N)[nH]c3=O)C1CO.Cl.